The second kappa shape index (κ2) is 7.31. The Morgan fingerprint density at radius 2 is 1.79 bits per heavy atom. The van der Waals surface area contributed by atoms with Gasteiger partial charge in [-0.1, -0.05) is 19.1 Å². The minimum Gasteiger partial charge on any atom is -0.465 e. The zero-order chi connectivity index (χ0) is 17.7. The second-order valence-electron chi connectivity index (χ2n) is 4.72. The number of benzene rings is 1. The van der Waals surface area contributed by atoms with Gasteiger partial charge in [0.05, 0.1) is 29.6 Å². The highest BCUT2D eigenvalue weighted by Gasteiger charge is 2.23. The van der Waals surface area contributed by atoms with Gasteiger partial charge in [-0.2, -0.15) is 0 Å². The van der Waals surface area contributed by atoms with Crippen molar-refractivity contribution in [3.05, 3.63) is 53.5 Å². The van der Waals surface area contributed by atoms with E-state index in [0.717, 1.165) is 0 Å². The molecule has 1 aromatic heterocycles. The molecule has 0 unspecified atom stereocenters. The van der Waals surface area contributed by atoms with E-state index in [-0.39, 0.29) is 34.1 Å². The molecule has 0 bridgehead atoms. The third kappa shape index (κ3) is 3.65. The number of hydrogen-bond acceptors (Lipinski definition) is 7. The van der Waals surface area contributed by atoms with Gasteiger partial charge in [-0.15, -0.1) is 0 Å². The van der Waals surface area contributed by atoms with Crippen molar-refractivity contribution in [2.24, 2.45) is 0 Å². The predicted octanol–water partition coefficient (Wildman–Crippen LogP) is 2.22. The molecule has 0 saturated heterocycles. The van der Waals surface area contributed by atoms with E-state index in [4.69, 9.17) is 9.15 Å². The minimum absolute atomic E-state index is 0.0643. The van der Waals surface area contributed by atoms with Crippen LogP contribution in [-0.4, -0.2) is 33.2 Å². The molecule has 0 aliphatic carbocycles. The number of sulfone groups is 1. The molecule has 0 aliphatic rings. The van der Waals surface area contributed by atoms with E-state index in [9.17, 15) is 18.0 Å². The molecule has 0 amide bonds. The first-order valence-electron chi connectivity index (χ1n) is 7.04. The lowest BCUT2D eigenvalue weighted by atomic mass is 10.2. The number of methoxy groups -OCH3 is 1. The van der Waals surface area contributed by atoms with E-state index in [1.165, 1.54) is 50.6 Å². The lowest BCUT2D eigenvalue weighted by molar-refractivity contribution is 0.0428. The minimum atomic E-state index is -3.57. The summed E-state index contributed by atoms with van der Waals surface area (Å²) in [6.45, 7) is 1.17. The molecule has 0 radical (unpaired) electrons. The van der Waals surface area contributed by atoms with Crippen LogP contribution in [-0.2, 0) is 25.9 Å². The molecule has 128 valence electrons. The molecule has 7 nitrogen and oxygen atoms in total. The van der Waals surface area contributed by atoms with Gasteiger partial charge in [0.25, 0.3) is 0 Å². The summed E-state index contributed by atoms with van der Waals surface area (Å²) in [6, 6.07) is 7.18. The van der Waals surface area contributed by atoms with Gasteiger partial charge in [-0.05, 0) is 18.2 Å². The van der Waals surface area contributed by atoms with Gasteiger partial charge in [0.1, 0.15) is 5.56 Å². The van der Waals surface area contributed by atoms with Gasteiger partial charge in [0.2, 0.25) is 0 Å². The summed E-state index contributed by atoms with van der Waals surface area (Å²) in [7, 11) is -2.35. The molecular weight excluding hydrogens is 336 g/mol. The number of rotatable bonds is 6. The summed E-state index contributed by atoms with van der Waals surface area (Å²) in [6.07, 6.45) is 1.27. The third-order valence-electron chi connectivity index (χ3n) is 3.31. The Balaban J connectivity index is 2.21. The van der Waals surface area contributed by atoms with Crippen LogP contribution in [0.15, 0.2) is 45.9 Å². The van der Waals surface area contributed by atoms with E-state index in [1.54, 1.807) is 0 Å². The van der Waals surface area contributed by atoms with Crippen LogP contribution in [0, 0.1) is 0 Å². The summed E-state index contributed by atoms with van der Waals surface area (Å²) < 4.78 is 38.9. The van der Waals surface area contributed by atoms with Crippen LogP contribution in [0.25, 0.3) is 0 Å². The van der Waals surface area contributed by atoms with Crippen LogP contribution < -0.4 is 0 Å². The Hall–Kier alpha value is -2.61. The number of carbonyl (C=O) groups excluding carboxylic acids is 2. The van der Waals surface area contributed by atoms with Gasteiger partial charge < -0.3 is 13.9 Å². The van der Waals surface area contributed by atoms with E-state index < -0.39 is 21.8 Å². The normalized spacial score (nSPS) is 11.1. The summed E-state index contributed by atoms with van der Waals surface area (Å²) in [5, 5.41) is 0. The van der Waals surface area contributed by atoms with Crippen LogP contribution in [0.5, 0.6) is 0 Å². The zero-order valence-corrected chi connectivity index (χ0v) is 14.0. The molecule has 0 atom stereocenters. The maximum absolute atomic E-state index is 12.2. The summed E-state index contributed by atoms with van der Waals surface area (Å²) in [5.74, 6) is -1.47. The average molecular weight is 352 g/mol. The van der Waals surface area contributed by atoms with Crippen molar-refractivity contribution in [3.8, 4) is 0 Å². The maximum atomic E-state index is 12.2. The van der Waals surface area contributed by atoms with Crippen LogP contribution in [0.4, 0.5) is 0 Å². The molecule has 8 heteroatoms. The van der Waals surface area contributed by atoms with Gasteiger partial charge in [-0.25, -0.2) is 18.0 Å². The molecule has 0 aliphatic heterocycles. The molecule has 0 saturated carbocycles. The van der Waals surface area contributed by atoms with Gasteiger partial charge in [0, 0.05) is 0 Å². The predicted molar refractivity (Wildman–Crippen MR) is 83.3 cm³/mol. The first kappa shape index (κ1) is 17.7. The van der Waals surface area contributed by atoms with E-state index in [2.05, 4.69) is 4.74 Å². The van der Waals surface area contributed by atoms with Crippen molar-refractivity contribution in [1.82, 2.24) is 0 Å². The number of furan rings is 1. The molecule has 1 aromatic carbocycles. The smallest absolute Gasteiger partial charge is 0.341 e. The van der Waals surface area contributed by atoms with Crippen LogP contribution in [0.3, 0.4) is 0 Å². The number of carbonyl (C=O) groups is 2. The third-order valence-corrected chi connectivity index (χ3v) is 5.09. The molecule has 2 aromatic rings. The Morgan fingerprint density at radius 1 is 1.08 bits per heavy atom. The fraction of sp³-hybridized carbons (Fsp3) is 0.250. The van der Waals surface area contributed by atoms with Crippen molar-refractivity contribution >= 4 is 21.8 Å². The number of esters is 2. The zero-order valence-electron chi connectivity index (χ0n) is 13.1. The van der Waals surface area contributed by atoms with E-state index in [1.807, 2.05) is 0 Å². The van der Waals surface area contributed by atoms with Gasteiger partial charge >= 0.3 is 11.9 Å². The highest BCUT2D eigenvalue weighted by atomic mass is 32.2. The van der Waals surface area contributed by atoms with Gasteiger partial charge in [-0.3, -0.25) is 0 Å². The number of hydrogen-bond donors (Lipinski definition) is 0. The van der Waals surface area contributed by atoms with Crippen molar-refractivity contribution in [2.75, 3.05) is 12.9 Å². The largest absolute Gasteiger partial charge is 0.465 e. The van der Waals surface area contributed by atoms with Crippen molar-refractivity contribution in [2.45, 2.75) is 18.4 Å². The van der Waals surface area contributed by atoms with E-state index in [0.29, 0.717) is 0 Å². The SMILES string of the molecule is CCS(=O)(=O)c1ccccc1C(=O)OCc1occc1C(=O)OC. The first-order valence-corrected chi connectivity index (χ1v) is 8.69. The average Bonchev–Trinajstić information content (AvgIpc) is 3.07. The van der Waals surface area contributed by atoms with Crippen molar-refractivity contribution in [1.29, 1.82) is 0 Å². The molecular formula is C16H16O7S. The lowest BCUT2D eigenvalue weighted by Gasteiger charge is -2.09. The Morgan fingerprint density at radius 3 is 2.46 bits per heavy atom. The van der Waals surface area contributed by atoms with Crippen LogP contribution >= 0.6 is 0 Å². The fourth-order valence-electron chi connectivity index (χ4n) is 2.02. The topological polar surface area (TPSA) is 99.9 Å². The van der Waals surface area contributed by atoms with Crippen LogP contribution in [0.2, 0.25) is 0 Å². The molecule has 2 rings (SSSR count). The molecule has 0 N–H and O–H groups in total. The monoisotopic (exact) mass is 352 g/mol. The Labute approximate surface area is 139 Å². The highest BCUT2D eigenvalue weighted by Crippen LogP contribution is 2.19. The Kier molecular flexibility index (Phi) is 5.40. The standard InChI is InChI=1S/C16H16O7S/c1-3-24(19,20)14-7-5-4-6-12(14)16(18)23-10-13-11(8-9-22-13)15(17)21-2/h4-9H,3,10H2,1-2H3. The van der Waals surface area contributed by atoms with Crippen LogP contribution in [0.1, 0.15) is 33.4 Å². The van der Waals surface area contributed by atoms with Crippen molar-refractivity contribution in [3.63, 3.8) is 0 Å². The second-order valence-corrected chi connectivity index (χ2v) is 6.97. The van der Waals surface area contributed by atoms with Gasteiger partial charge in [0.15, 0.2) is 22.2 Å². The quantitative estimate of drug-likeness (QED) is 0.735. The Bertz CT molecular complexity index is 849. The molecule has 0 fully saturated rings. The summed E-state index contributed by atoms with van der Waals surface area (Å²) in [4.78, 5) is 23.7. The highest BCUT2D eigenvalue weighted by molar-refractivity contribution is 7.91. The molecule has 24 heavy (non-hydrogen) atoms. The van der Waals surface area contributed by atoms with Crippen molar-refractivity contribution < 1.29 is 31.9 Å². The molecule has 0 spiro atoms. The number of ether oxygens (including phenoxy) is 2. The first-order chi connectivity index (χ1) is 11.4. The fourth-order valence-corrected chi connectivity index (χ4v) is 3.10. The van der Waals surface area contributed by atoms with E-state index >= 15 is 0 Å². The lowest BCUT2D eigenvalue weighted by Crippen LogP contribution is -2.14. The maximum Gasteiger partial charge on any atom is 0.341 e. The summed E-state index contributed by atoms with van der Waals surface area (Å²) >= 11 is 0. The summed E-state index contributed by atoms with van der Waals surface area (Å²) in [5.41, 5.74) is 0.0743. The molecule has 1 heterocycles.